The van der Waals surface area contributed by atoms with E-state index < -0.39 is 0 Å². The predicted molar refractivity (Wildman–Crippen MR) is 145 cm³/mol. The summed E-state index contributed by atoms with van der Waals surface area (Å²) >= 11 is 0. The Kier molecular flexibility index (Phi) is 6.85. The van der Waals surface area contributed by atoms with Gasteiger partial charge in [0.05, 0.1) is 11.7 Å². The summed E-state index contributed by atoms with van der Waals surface area (Å²) in [6.45, 7) is 13.8. The van der Waals surface area contributed by atoms with Crippen molar-refractivity contribution in [1.82, 2.24) is 19.8 Å². The van der Waals surface area contributed by atoms with Gasteiger partial charge in [0.15, 0.2) is 0 Å². The number of hydrogen-bond donors (Lipinski definition) is 1. The number of aromatic amines is 1. The van der Waals surface area contributed by atoms with Crippen molar-refractivity contribution in [2.75, 3.05) is 26.2 Å². The number of benzene rings is 3. The van der Waals surface area contributed by atoms with Crippen molar-refractivity contribution in [2.45, 2.75) is 40.3 Å². The number of H-pyrrole nitrogens is 1. The van der Waals surface area contributed by atoms with Crippen LogP contribution in [0.4, 0.5) is 0 Å². The lowest BCUT2D eigenvalue weighted by atomic mass is 9.90. The number of piperazine rings is 1. The van der Waals surface area contributed by atoms with Gasteiger partial charge in [-0.25, -0.2) is 4.98 Å². The molecule has 4 heteroatoms. The molecule has 1 fully saturated rings. The Morgan fingerprint density at radius 2 is 1.31 bits per heavy atom. The van der Waals surface area contributed by atoms with Crippen molar-refractivity contribution in [3.8, 4) is 11.4 Å². The molecule has 0 aliphatic carbocycles. The summed E-state index contributed by atoms with van der Waals surface area (Å²) in [5, 5.41) is 0. The number of aromatic nitrogens is 2. The first-order valence-electron chi connectivity index (χ1n) is 12.7. The summed E-state index contributed by atoms with van der Waals surface area (Å²) in [5.41, 5.74) is 10.3. The lowest BCUT2D eigenvalue weighted by molar-refractivity contribution is 0.103. The van der Waals surface area contributed by atoms with Crippen LogP contribution in [0.15, 0.2) is 72.8 Å². The molecule has 0 atom stereocenters. The molecule has 4 aromatic rings. The third-order valence-corrected chi connectivity index (χ3v) is 7.42. The second-order valence-corrected chi connectivity index (χ2v) is 9.95. The molecule has 0 radical (unpaired) electrons. The Balaban J connectivity index is 1.31. The van der Waals surface area contributed by atoms with Crippen molar-refractivity contribution in [3.05, 3.63) is 112 Å². The fourth-order valence-electron chi connectivity index (χ4n) is 5.24. The number of imidazole rings is 1. The molecule has 3 aromatic carbocycles. The summed E-state index contributed by atoms with van der Waals surface area (Å²) in [5.74, 6) is 0.968. The van der Waals surface area contributed by atoms with E-state index in [1.165, 1.54) is 33.5 Å². The molecule has 0 amide bonds. The average molecular weight is 465 g/mol. The minimum atomic E-state index is 0.291. The Morgan fingerprint density at radius 3 is 1.89 bits per heavy atom. The van der Waals surface area contributed by atoms with Crippen molar-refractivity contribution in [3.63, 3.8) is 0 Å². The Morgan fingerprint density at radius 1 is 0.743 bits per heavy atom. The number of aryl methyl sites for hydroxylation is 4. The fourth-order valence-corrected chi connectivity index (χ4v) is 5.24. The van der Waals surface area contributed by atoms with Gasteiger partial charge in [-0.2, -0.15) is 0 Å². The van der Waals surface area contributed by atoms with Gasteiger partial charge in [0.1, 0.15) is 5.82 Å². The SMILES string of the molecule is Cc1ccc(-c2nc(CN3CCN(C(c4ccccc4C)c4ccccc4C)CC3)c(C)[nH]2)cc1. The second kappa shape index (κ2) is 10.2. The van der Waals surface area contributed by atoms with E-state index in [1.54, 1.807) is 0 Å². The molecule has 0 saturated carbocycles. The summed E-state index contributed by atoms with van der Waals surface area (Å²) in [6, 6.07) is 26.6. The van der Waals surface area contributed by atoms with Crippen LogP contribution in [0.2, 0.25) is 0 Å². The van der Waals surface area contributed by atoms with E-state index in [9.17, 15) is 0 Å². The van der Waals surface area contributed by atoms with Gasteiger partial charge in [-0.3, -0.25) is 9.80 Å². The van der Waals surface area contributed by atoms with Crippen LogP contribution in [-0.4, -0.2) is 45.9 Å². The summed E-state index contributed by atoms with van der Waals surface area (Å²) < 4.78 is 0. The summed E-state index contributed by atoms with van der Waals surface area (Å²) in [7, 11) is 0. The average Bonchev–Trinajstić information content (AvgIpc) is 3.23. The molecule has 0 bridgehead atoms. The van der Waals surface area contributed by atoms with E-state index in [-0.39, 0.29) is 0 Å². The fraction of sp³-hybridized carbons (Fsp3) is 0.323. The van der Waals surface area contributed by atoms with Gasteiger partial charge >= 0.3 is 0 Å². The Labute approximate surface area is 209 Å². The van der Waals surface area contributed by atoms with E-state index in [4.69, 9.17) is 4.98 Å². The highest BCUT2D eigenvalue weighted by atomic mass is 15.3. The first-order chi connectivity index (χ1) is 17.0. The third kappa shape index (κ3) is 5.09. The van der Waals surface area contributed by atoms with E-state index in [0.717, 1.165) is 49.8 Å². The van der Waals surface area contributed by atoms with E-state index in [1.807, 2.05) is 0 Å². The van der Waals surface area contributed by atoms with Crippen molar-refractivity contribution in [1.29, 1.82) is 0 Å². The maximum Gasteiger partial charge on any atom is 0.137 e. The smallest absolute Gasteiger partial charge is 0.137 e. The minimum absolute atomic E-state index is 0.291. The number of rotatable bonds is 6. The molecule has 5 rings (SSSR count). The van der Waals surface area contributed by atoms with Crippen LogP contribution in [-0.2, 0) is 6.54 Å². The quantitative estimate of drug-likeness (QED) is 0.368. The largest absolute Gasteiger partial charge is 0.342 e. The van der Waals surface area contributed by atoms with Crippen molar-refractivity contribution in [2.24, 2.45) is 0 Å². The maximum atomic E-state index is 4.97. The highest BCUT2D eigenvalue weighted by molar-refractivity contribution is 5.56. The summed E-state index contributed by atoms with van der Waals surface area (Å²) in [6.07, 6.45) is 0. The van der Waals surface area contributed by atoms with Gasteiger partial charge in [-0.1, -0.05) is 78.4 Å². The molecule has 1 aliphatic heterocycles. The highest BCUT2D eigenvalue weighted by Crippen LogP contribution is 2.33. The van der Waals surface area contributed by atoms with Gasteiger partial charge in [0.2, 0.25) is 0 Å². The molecular formula is C31H36N4. The topological polar surface area (TPSA) is 35.2 Å². The van der Waals surface area contributed by atoms with Gasteiger partial charge in [-0.15, -0.1) is 0 Å². The van der Waals surface area contributed by atoms with Crippen LogP contribution >= 0.6 is 0 Å². The van der Waals surface area contributed by atoms with Gasteiger partial charge in [0.25, 0.3) is 0 Å². The lowest BCUT2D eigenvalue weighted by Crippen LogP contribution is -2.47. The second-order valence-electron chi connectivity index (χ2n) is 9.95. The zero-order chi connectivity index (χ0) is 24.4. The molecule has 180 valence electrons. The maximum absolute atomic E-state index is 4.97. The molecule has 1 aliphatic rings. The third-order valence-electron chi connectivity index (χ3n) is 7.42. The number of nitrogens with one attached hydrogen (secondary N) is 1. The highest BCUT2D eigenvalue weighted by Gasteiger charge is 2.28. The molecule has 2 heterocycles. The molecule has 35 heavy (non-hydrogen) atoms. The summed E-state index contributed by atoms with van der Waals surface area (Å²) in [4.78, 5) is 13.7. The van der Waals surface area contributed by atoms with Crippen LogP contribution < -0.4 is 0 Å². The van der Waals surface area contributed by atoms with Crippen LogP contribution in [0.5, 0.6) is 0 Å². The molecule has 0 spiro atoms. The van der Waals surface area contributed by atoms with Gasteiger partial charge < -0.3 is 4.98 Å². The Hall–Kier alpha value is -3.21. The van der Waals surface area contributed by atoms with Crippen LogP contribution in [0, 0.1) is 27.7 Å². The van der Waals surface area contributed by atoms with Gasteiger partial charge in [0, 0.05) is 44.0 Å². The molecule has 1 aromatic heterocycles. The van der Waals surface area contributed by atoms with Crippen molar-refractivity contribution >= 4 is 0 Å². The van der Waals surface area contributed by atoms with Gasteiger partial charge in [-0.05, 0) is 49.9 Å². The normalized spacial score (nSPS) is 15.1. The number of nitrogens with zero attached hydrogens (tertiary/aromatic N) is 3. The molecule has 1 saturated heterocycles. The Bertz CT molecular complexity index is 1230. The number of hydrogen-bond acceptors (Lipinski definition) is 3. The standard InChI is InChI=1S/C31H36N4/c1-22-13-15-26(16-14-22)31-32-25(4)29(33-31)21-34-17-19-35(20-18-34)30(27-11-7-5-9-23(27)2)28-12-8-6-10-24(28)3/h5-16,30H,17-21H2,1-4H3,(H,32,33). The zero-order valence-corrected chi connectivity index (χ0v) is 21.4. The zero-order valence-electron chi connectivity index (χ0n) is 21.4. The molecule has 4 nitrogen and oxygen atoms in total. The van der Waals surface area contributed by atoms with Crippen LogP contribution in [0.1, 0.15) is 45.2 Å². The predicted octanol–water partition coefficient (Wildman–Crippen LogP) is 6.22. The van der Waals surface area contributed by atoms with E-state index in [2.05, 4.69) is 115 Å². The van der Waals surface area contributed by atoms with Crippen LogP contribution in [0.25, 0.3) is 11.4 Å². The molecule has 1 N–H and O–H groups in total. The first-order valence-corrected chi connectivity index (χ1v) is 12.7. The lowest BCUT2D eigenvalue weighted by Gasteiger charge is -2.40. The monoisotopic (exact) mass is 464 g/mol. The molecule has 0 unspecified atom stereocenters. The van der Waals surface area contributed by atoms with Crippen LogP contribution in [0.3, 0.4) is 0 Å². The molecular weight excluding hydrogens is 428 g/mol. The first kappa shape index (κ1) is 23.5. The minimum Gasteiger partial charge on any atom is -0.342 e. The van der Waals surface area contributed by atoms with Crippen molar-refractivity contribution < 1.29 is 0 Å². The van der Waals surface area contributed by atoms with E-state index in [0.29, 0.717) is 6.04 Å². The van der Waals surface area contributed by atoms with E-state index >= 15 is 0 Å².